The van der Waals surface area contributed by atoms with E-state index in [0.717, 1.165) is 22.2 Å². The lowest BCUT2D eigenvalue weighted by Crippen LogP contribution is -2.66. The van der Waals surface area contributed by atoms with Crippen LogP contribution in [0.15, 0.2) is 77.9 Å². The maximum Gasteiger partial charge on any atom is 0.272 e. The fraction of sp³-hybridized carbons (Fsp3) is 0.207. The van der Waals surface area contributed by atoms with Crippen molar-refractivity contribution < 1.29 is 14.0 Å². The minimum atomic E-state index is -2.78. The molecular weight excluding hydrogens is 480 g/mol. The molecule has 1 aromatic heterocycles. The monoisotopic (exact) mass is 510 g/mol. The summed E-state index contributed by atoms with van der Waals surface area (Å²) >= 11 is 0. The third-order valence-corrected chi connectivity index (χ3v) is 11.8. The Bertz CT molecular complexity index is 1470. The van der Waals surface area contributed by atoms with Gasteiger partial charge in [-0.25, -0.2) is 5.43 Å². The lowest BCUT2D eigenvalue weighted by atomic mass is 10.0. The SMILES string of the molecule is CC(=O)Nc1cc2c3c(c(CO[Si](c4ccccc4)(c4ccccc4)C(C)(C)C)[nH]c3c1)C=NNC2=O. The quantitative estimate of drug-likeness (QED) is 0.338. The number of anilines is 1. The zero-order valence-electron chi connectivity index (χ0n) is 21.4. The Balaban J connectivity index is 1.65. The highest BCUT2D eigenvalue weighted by Gasteiger charge is 2.50. The summed E-state index contributed by atoms with van der Waals surface area (Å²) in [5, 5.41) is 9.89. The number of amides is 2. The van der Waals surface area contributed by atoms with E-state index in [1.54, 1.807) is 12.3 Å². The van der Waals surface area contributed by atoms with Crippen LogP contribution in [0.1, 0.15) is 49.3 Å². The summed E-state index contributed by atoms with van der Waals surface area (Å²) in [6.45, 7) is 8.45. The van der Waals surface area contributed by atoms with Gasteiger partial charge in [0, 0.05) is 34.8 Å². The number of aromatic amines is 1. The molecule has 0 saturated heterocycles. The smallest absolute Gasteiger partial charge is 0.272 e. The van der Waals surface area contributed by atoms with E-state index in [4.69, 9.17) is 4.43 Å². The van der Waals surface area contributed by atoms with Crippen LogP contribution in [0.3, 0.4) is 0 Å². The number of rotatable bonds is 6. The molecule has 5 rings (SSSR count). The first-order valence-corrected chi connectivity index (χ1v) is 14.2. The first-order chi connectivity index (χ1) is 17.7. The Labute approximate surface area is 217 Å². The molecule has 0 spiro atoms. The van der Waals surface area contributed by atoms with Gasteiger partial charge in [0.15, 0.2) is 0 Å². The Morgan fingerprint density at radius 1 is 1.00 bits per heavy atom. The highest BCUT2D eigenvalue weighted by atomic mass is 28.4. The molecule has 0 aliphatic carbocycles. The van der Waals surface area contributed by atoms with Gasteiger partial charge in [-0.2, -0.15) is 5.10 Å². The highest BCUT2D eigenvalue weighted by molar-refractivity contribution is 6.99. The van der Waals surface area contributed by atoms with Crippen molar-refractivity contribution in [2.24, 2.45) is 5.10 Å². The number of nitrogens with one attached hydrogen (secondary N) is 3. The summed E-state index contributed by atoms with van der Waals surface area (Å²) in [6.07, 6.45) is 1.66. The Morgan fingerprint density at radius 2 is 1.62 bits per heavy atom. The zero-order valence-corrected chi connectivity index (χ0v) is 22.4. The second kappa shape index (κ2) is 9.46. The van der Waals surface area contributed by atoms with E-state index < -0.39 is 8.32 Å². The number of carbonyl (C=O) groups is 2. The molecule has 0 bridgehead atoms. The van der Waals surface area contributed by atoms with Gasteiger partial charge in [-0.15, -0.1) is 0 Å². The van der Waals surface area contributed by atoms with Crippen LogP contribution in [0.4, 0.5) is 5.69 Å². The highest BCUT2D eigenvalue weighted by Crippen LogP contribution is 2.38. The molecule has 3 aromatic carbocycles. The molecule has 2 amide bonds. The van der Waals surface area contributed by atoms with Crippen molar-refractivity contribution in [2.75, 3.05) is 5.32 Å². The number of hydrogen-bond acceptors (Lipinski definition) is 4. The molecule has 0 atom stereocenters. The molecule has 0 unspecified atom stereocenters. The molecule has 0 fully saturated rings. The minimum Gasteiger partial charge on any atom is -0.402 e. The topological polar surface area (TPSA) is 95.6 Å². The van der Waals surface area contributed by atoms with Crippen LogP contribution < -0.4 is 21.1 Å². The van der Waals surface area contributed by atoms with Crippen LogP contribution in [0.25, 0.3) is 10.9 Å². The summed E-state index contributed by atoms with van der Waals surface area (Å²) < 4.78 is 7.12. The predicted molar refractivity (Wildman–Crippen MR) is 150 cm³/mol. The molecule has 1 aliphatic heterocycles. The van der Waals surface area contributed by atoms with Crippen molar-refractivity contribution in [2.45, 2.75) is 39.3 Å². The molecule has 1 aliphatic rings. The van der Waals surface area contributed by atoms with Gasteiger partial charge in [-0.05, 0) is 27.5 Å². The maximum atomic E-state index is 12.8. The summed E-state index contributed by atoms with van der Waals surface area (Å²) in [5.74, 6) is -0.537. The van der Waals surface area contributed by atoms with Gasteiger partial charge < -0.3 is 14.7 Å². The van der Waals surface area contributed by atoms with E-state index >= 15 is 0 Å². The Morgan fingerprint density at radius 3 is 2.19 bits per heavy atom. The number of H-pyrrole nitrogens is 1. The zero-order chi connectivity index (χ0) is 26.2. The number of nitrogens with zero attached hydrogens (tertiary/aromatic N) is 1. The lowest BCUT2D eigenvalue weighted by Gasteiger charge is -2.43. The normalized spacial score (nSPS) is 13.4. The van der Waals surface area contributed by atoms with E-state index in [1.807, 2.05) is 18.2 Å². The van der Waals surface area contributed by atoms with E-state index in [1.165, 1.54) is 17.3 Å². The maximum absolute atomic E-state index is 12.8. The molecule has 4 aromatic rings. The third-order valence-electron chi connectivity index (χ3n) is 6.79. The van der Waals surface area contributed by atoms with Crippen LogP contribution >= 0.6 is 0 Å². The van der Waals surface area contributed by atoms with Crippen molar-refractivity contribution >= 4 is 53.3 Å². The second-order valence-corrected chi connectivity index (χ2v) is 14.6. The molecule has 0 saturated carbocycles. The van der Waals surface area contributed by atoms with Crippen LogP contribution in [-0.4, -0.2) is 31.3 Å². The van der Waals surface area contributed by atoms with Gasteiger partial charge in [-0.1, -0.05) is 81.4 Å². The standard InChI is InChI=1S/C29H30N4O3Si/c1-19(34)31-20-15-23-27-24(17-30-33-28(23)35)26(32-25(27)16-20)18-36-37(29(2,3)4,21-11-7-5-8-12-21)22-13-9-6-10-14-22/h5-17,32H,18H2,1-4H3,(H,31,34)(H,33,35). The molecule has 8 heteroatoms. The second-order valence-electron chi connectivity index (χ2n) is 10.3. The molecule has 188 valence electrons. The largest absolute Gasteiger partial charge is 0.402 e. The fourth-order valence-corrected chi connectivity index (χ4v) is 9.80. The molecule has 2 heterocycles. The number of benzene rings is 3. The summed E-state index contributed by atoms with van der Waals surface area (Å²) in [6, 6.07) is 24.4. The van der Waals surface area contributed by atoms with Gasteiger partial charge in [0.1, 0.15) is 0 Å². The van der Waals surface area contributed by atoms with Gasteiger partial charge in [-0.3, -0.25) is 9.59 Å². The molecule has 37 heavy (non-hydrogen) atoms. The average molecular weight is 511 g/mol. The van der Waals surface area contributed by atoms with E-state index in [0.29, 0.717) is 17.9 Å². The molecule has 0 radical (unpaired) electrons. The predicted octanol–water partition coefficient (Wildman–Crippen LogP) is 4.28. The van der Waals surface area contributed by atoms with Crippen molar-refractivity contribution in [1.82, 2.24) is 10.4 Å². The van der Waals surface area contributed by atoms with Gasteiger partial charge in [0.2, 0.25) is 5.91 Å². The molecular formula is C29H30N4O3Si. The number of carbonyl (C=O) groups excluding carboxylic acids is 2. The Hall–Kier alpha value is -4.01. The van der Waals surface area contributed by atoms with Crippen molar-refractivity contribution in [1.29, 1.82) is 0 Å². The number of hydrogen-bond donors (Lipinski definition) is 3. The molecule has 3 N–H and O–H groups in total. The summed E-state index contributed by atoms with van der Waals surface area (Å²) in [5.41, 5.74) is 5.91. The van der Waals surface area contributed by atoms with Crippen molar-refractivity contribution in [3.63, 3.8) is 0 Å². The summed E-state index contributed by atoms with van der Waals surface area (Å²) in [7, 11) is -2.78. The first kappa shape index (κ1) is 24.7. The van der Waals surface area contributed by atoms with Crippen LogP contribution in [0, 0.1) is 0 Å². The van der Waals surface area contributed by atoms with Gasteiger partial charge >= 0.3 is 0 Å². The van der Waals surface area contributed by atoms with E-state index in [9.17, 15) is 9.59 Å². The number of hydrazone groups is 1. The fourth-order valence-electron chi connectivity index (χ4n) is 5.28. The molecule has 7 nitrogen and oxygen atoms in total. The first-order valence-electron chi connectivity index (χ1n) is 12.3. The van der Waals surface area contributed by atoms with E-state index in [2.05, 4.69) is 90.1 Å². The lowest BCUT2D eigenvalue weighted by molar-refractivity contribution is -0.114. The number of aromatic nitrogens is 1. The van der Waals surface area contributed by atoms with Gasteiger partial charge in [0.25, 0.3) is 14.2 Å². The van der Waals surface area contributed by atoms with Crippen LogP contribution in [-0.2, 0) is 15.8 Å². The van der Waals surface area contributed by atoms with Crippen molar-refractivity contribution in [3.8, 4) is 0 Å². The van der Waals surface area contributed by atoms with Crippen LogP contribution in [0.2, 0.25) is 5.04 Å². The van der Waals surface area contributed by atoms with Crippen molar-refractivity contribution in [3.05, 3.63) is 89.6 Å². The van der Waals surface area contributed by atoms with Crippen LogP contribution in [0.5, 0.6) is 0 Å². The third kappa shape index (κ3) is 4.39. The van der Waals surface area contributed by atoms with E-state index in [-0.39, 0.29) is 16.9 Å². The summed E-state index contributed by atoms with van der Waals surface area (Å²) in [4.78, 5) is 27.9. The Kier molecular flexibility index (Phi) is 6.31. The average Bonchev–Trinajstić information content (AvgIpc) is 3.11. The van der Waals surface area contributed by atoms with Gasteiger partial charge in [0.05, 0.1) is 18.4 Å². The minimum absolute atomic E-state index is 0.175.